The highest BCUT2D eigenvalue weighted by molar-refractivity contribution is 5.38. The fourth-order valence-electron chi connectivity index (χ4n) is 2.13. The summed E-state index contributed by atoms with van der Waals surface area (Å²) in [5.41, 5.74) is 2.80. The first kappa shape index (κ1) is 14.6. The van der Waals surface area contributed by atoms with E-state index in [1.54, 1.807) is 4.68 Å². The number of aryl methyl sites for hydroxylation is 2. The lowest BCUT2D eigenvalue weighted by Gasteiger charge is -2.19. The molecule has 0 aliphatic carbocycles. The van der Waals surface area contributed by atoms with Gasteiger partial charge in [-0.05, 0) is 30.0 Å². The molecule has 20 heavy (non-hydrogen) atoms. The molecule has 2 aromatic rings. The summed E-state index contributed by atoms with van der Waals surface area (Å²) >= 11 is 0. The van der Waals surface area contributed by atoms with Gasteiger partial charge in [-0.25, -0.2) is 4.68 Å². The van der Waals surface area contributed by atoms with Crippen LogP contribution in [0, 0.1) is 6.92 Å². The van der Waals surface area contributed by atoms with E-state index in [-0.39, 0.29) is 12.0 Å². The van der Waals surface area contributed by atoms with Crippen LogP contribution in [-0.2, 0) is 19.1 Å². The molecule has 1 aromatic carbocycles. The topological polar surface area (TPSA) is 47.3 Å². The number of aromatic nitrogens is 2. The van der Waals surface area contributed by atoms with E-state index >= 15 is 0 Å². The standard InChI is InChI=1S/C16H22N2O2/c1-11-14(10-19)15(18(5)17-11)20-13-8-6-7-12(9-13)16(2,3)4/h6-9,19H,10H2,1-5H3. The SMILES string of the molecule is Cc1nn(C)c(Oc2cccc(C(C)(C)C)c2)c1CO. The first-order valence-corrected chi connectivity index (χ1v) is 6.74. The molecule has 0 radical (unpaired) electrons. The van der Waals surface area contributed by atoms with Crippen molar-refractivity contribution in [1.82, 2.24) is 9.78 Å². The summed E-state index contributed by atoms with van der Waals surface area (Å²) in [7, 11) is 1.81. The average Bonchev–Trinajstić information content (AvgIpc) is 2.63. The third-order valence-corrected chi connectivity index (χ3v) is 3.36. The molecule has 0 amide bonds. The molecule has 0 unspecified atom stereocenters. The summed E-state index contributed by atoms with van der Waals surface area (Å²) < 4.78 is 7.59. The zero-order valence-corrected chi connectivity index (χ0v) is 12.8. The Labute approximate surface area is 120 Å². The molecule has 1 N–H and O–H groups in total. The van der Waals surface area contributed by atoms with E-state index in [0.29, 0.717) is 5.88 Å². The van der Waals surface area contributed by atoms with E-state index in [1.165, 1.54) is 5.56 Å². The molecule has 1 heterocycles. The minimum absolute atomic E-state index is 0.0710. The quantitative estimate of drug-likeness (QED) is 0.934. The maximum atomic E-state index is 9.44. The summed E-state index contributed by atoms with van der Waals surface area (Å²) in [4.78, 5) is 0. The predicted octanol–water partition coefficient (Wildman–Crippen LogP) is 3.31. The van der Waals surface area contributed by atoms with Crippen molar-refractivity contribution in [2.45, 2.75) is 39.7 Å². The van der Waals surface area contributed by atoms with Crippen LogP contribution in [0.4, 0.5) is 0 Å². The molecule has 0 aliphatic rings. The number of hydrogen-bond acceptors (Lipinski definition) is 3. The van der Waals surface area contributed by atoms with Gasteiger partial charge in [-0.2, -0.15) is 5.10 Å². The molecule has 0 saturated carbocycles. The third kappa shape index (κ3) is 2.85. The number of benzene rings is 1. The van der Waals surface area contributed by atoms with E-state index in [9.17, 15) is 5.11 Å². The Balaban J connectivity index is 2.36. The Bertz CT molecular complexity index is 609. The van der Waals surface area contributed by atoms with Crippen LogP contribution in [0.15, 0.2) is 24.3 Å². The molecule has 4 heteroatoms. The van der Waals surface area contributed by atoms with Crippen LogP contribution in [0.3, 0.4) is 0 Å². The average molecular weight is 274 g/mol. The van der Waals surface area contributed by atoms with Gasteiger partial charge in [0.25, 0.3) is 0 Å². The zero-order chi connectivity index (χ0) is 14.9. The molecule has 0 bridgehead atoms. The van der Waals surface area contributed by atoms with E-state index in [1.807, 2.05) is 32.2 Å². The van der Waals surface area contributed by atoms with Crippen molar-refractivity contribution in [3.63, 3.8) is 0 Å². The lowest BCUT2D eigenvalue weighted by atomic mass is 9.87. The second-order valence-electron chi connectivity index (χ2n) is 6.03. The van der Waals surface area contributed by atoms with Gasteiger partial charge in [0.15, 0.2) is 0 Å². The number of ether oxygens (including phenoxy) is 1. The van der Waals surface area contributed by atoms with Crippen LogP contribution in [0.5, 0.6) is 11.6 Å². The molecular weight excluding hydrogens is 252 g/mol. The number of rotatable bonds is 3. The van der Waals surface area contributed by atoms with Gasteiger partial charge in [-0.15, -0.1) is 0 Å². The summed E-state index contributed by atoms with van der Waals surface area (Å²) in [6.45, 7) is 8.29. The van der Waals surface area contributed by atoms with Crippen LogP contribution in [-0.4, -0.2) is 14.9 Å². The molecule has 0 atom stereocenters. The maximum absolute atomic E-state index is 9.44. The van der Waals surface area contributed by atoms with Crippen LogP contribution < -0.4 is 4.74 Å². The fraction of sp³-hybridized carbons (Fsp3) is 0.438. The first-order chi connectivity index (χ1) is 9.32. The van der Waals surface area contributed by atoms with Crippen molar-refractivity contribution in [1.29, 1.82) is 0 Å². The number of nitrogens with zero attached hydrogens (tertiary/aromatic N) is 2. The summed E-state index contributed by atoms with van der Waals surface area (Å²) in [5, 5.41) is 13.7. The Hall–Kier alpha value is -1.81. The third-order valence-electron chi connectivity index (χ3n) is 3.36. The van der Waals surface area contributed by atoms with E-state index in [0.717, 1.165) is 17.0 Å². The summed E-state index contributed by atoms with van der Waals surface area (Å²) in [5.74, 6) is 1.35. The minimum Gasteiger partial charge on any atom is -0.439 e. The second kappa shape index (κ2) is 5.29. The highest BCUT2D eigenvalue weighted by Crippen LogP contribution is 2.30. The molecule has 0 saturated heterocycles. The second-order valence-corrected chi connectivity index (χ2v) is 6.03. The van der Waals surface area contributed by atoms with Crippen molar-refractivity contribution in [3.05, 3.63) is 41.1 Å². The highest BCUT2D eigenvalue weighted by atomic mass is 16.5. The van der Waals surface area contributed by atoms with Crippen molar-refractivity contribution < 1.29 is 9.84 Å². The summed E-state index contributed by atoms with van der Waals surface area (Å²) in [6.07, 6.45) is 0. The molecule has 0 fully saturated rings. The largest absolute Gasteiger partial charge is 0.439 e. The van der Waals surface area contributed by atoms with E-state index in [2.05, 4.69) is 31.9 Å². The molecule has 1 aromatic heterocycles. The van der Waals surface area contributed by atoms with Gasteiger partial charge in [-0.1, -0.05) is 32.9 Å². The molecule has 0 spiro atoms. The van der Waals surface area contributed by atoms with Gasteiger partial charge in [0.2, 0.25) is 5.88 Å². The van der Waals surface area contributed by atoms with Gasteiger partial charge in [0, 0.05) is 7.05 Å². The van der Waals surface area contributed by atoms with Gasteiger partial charge < -0.3 is 9.84 Å². The van der Waals surface area contributed by atoms with Gasteiger partial charge in [-0.3, -0.25) is 0 Å². The van der Waals surface area contributed by atoms with Crippen molar-refractivity contribution in [2.24, 2.45) is 7.05 Å². The van der Waals surface area contributed by atoms with Crippen LogP contribution in [0.1, 0.15) is 37.6 Å². The molecule has 108 valence electrons. The van der Waals surface area contributed by atoms with Crippen LogP contribution in [0.2, 0.25) is 0 Å². The number of aliphatic hydroxyl groups excluding tert-OH is 1. The molecular formula is C16H22N2O2. The van der Waals surface area contributed by atoms with Crippen molar-refractivity contribution >= 4 is 0 Å². The fourth-order valence-corrected chi connectivity index (χ4v) is 2.13. The van der Waals surface area contributed by atoms with E-state index < -0.39 is 0 Å². The monoisotopic (exact) mass is 274 g/mol. The zero-order valence-electron chi connectivity index (χ0n) is 12.8. The maximum Gasteiger partial charge on any atom is 0.223 e. The van der Waals surface area contributed by atoms with Crippen molar-refractivity contribution in [3.8, 4) is 11.6 Å². The van der Waals surface area contributed by atoms with Crippen molar-refractivity contribution in [2.75, 3.05) is 0 Å². The Morgan fingerprint density at radius 2 is 2.00 bits per heavy atom. The van der Waals surface area contributed by atoms with Gasteiger partial charge >= 0.3 is 0 Å². The number of aliphatic hydroxyl groups is 1. The molecule has 0 aliphatic heterocycles. The summed E-state index contributed by atoms with van der Waals surface area (Å²) in [6, 6.07) is 8.02. The van der Waals surface area contributed by atoms with Gasteiger partial charge in [0.05, 0.1) is 17.9 Å². The van der Waals surface area contributed by atoms with Crippen LogP contribution >= 0.6 is 0 Å². The minimum atomic E-state index is -0.0754. The predicted molar refractivity (Wildman–Crippen MR) is 79.1 cm³/mol. The van der Waals surface area contributed by atoms with Gasteiger partial charge in [0.1, 0.15) is 5.75 Å². The first-order valence-electron chi connectivity index (χ1n) is 6.74. The number of hydrogen-bond donors (Lipinski definition) is 1. The Kier molecular flexibility index (Phi) is 3.86. The highest BCUT2D eigenvalue weighted by Gasteiger charge is 2.17. The Morgan fingerprint density at radius 1 is 1.30 bits per heavy atom. The molecule has 2 rings (SSSR count). The lowest BCUT2D eigenvalue weighted by molar-refractivity contribution is 0.274. The smallest absolute Gasteiger partial charge is 0.223 e. The van der Waals surface area contributed by atoms with Crippen LogP contribution in [0.25, 0.3) is 0 Å². The Morgan fingerprint density at radius 3 is 2.60 bits per heavy atom. The lowest BCUT2D eigenvalue weighted by Crippen LogP contribution is -2.10. The normalized spacial score (nSPS) is 11.7. The molecule has 4 nitrogen and oxygen atoms in total. The van der Waals surface area contributed by atoms with E-state index in [4.69, 9.17) is 4.74 Å².